The second-order valence-electron chi connectivity index (χ2n) is 6.26. The third kappa shape index (κ3) is 2.98. The highest BCUT2D eigenvalue weighted by molar-refractivity contribution is 5.97. The van der Waals surface area contributed by atoms with E-state index in [1.807, 2.05) is 42.1 Å². The molecule has 0 spiro atoms. The molecule has 0 bridgehead atoms. The smallest absolute Gasteiger partial charge is 0.329 e. The quantitative estimate of drug-likeness (QED) is 0.419. The maximum atomic E-state index is 11.3. The topological polar surface area (TPSA) is 113 Å². The van der Waals surface area contributed by atoms with E-state index in [1.54, 1.807) is 12.4 Å². The van der Waals surface area contributed by atoms with Crippen LogP contribution >= 0.6 is 0 Å². The van der Waals surface area contributed by atoms with Gasteiger partial charge in [0.1, 0.15) is 5.52 Å². The number of rotatable bonds is 5. The van der Waals surface area contributed by atoms with Crippen LogP contribution in [0.25, 0.3) is 33.3 Å². The Bertz CT molecular complexity index is 1180. The first-order valence-electron chi connectivity index (χ1n) is 8.24. The number of H-pyrrole nitrogens is 1. The molecule has 1 atom stereocenters. The summed E-state index contributed by atoms with van der Waals surface area (Å²) in [5.74, 6) is -1.15. The van der Waals surface area contributed by atoms with E-state index < -0.39 is 12.0 Å². The summed E-state index contributed by atoms with van der Waals surface area (Å²) in [5, 5.41) is 10.2. The molecule has 4 aromatic rings. The van der Waals surface area contributed by atoms with Gasteiger partial charge in [-0.25, -0.2) is 14.6 Å². The van der Waals surface area contributed by atoms with Gasteiger partial charge in [0.05, 0.1) is 5.69 Å². The predicted molar refractivity (Wildman–Crippen MR) is 99.1 cm³/mol. The van der Waals surface area contributed by atoms with Gasteiger partial charge in [-0.1, -0.05) is 6.07 Å². The van der Waals surface area contributed by atoms with Crippen LogP contribution < -0.4 is 0 Å². The summed E-state index contributed by atoms with van der Waals surface area (Å²) in [4.78, 5) is 36.9. The highest BCUT2D eigenvalue weighted by Gasteiger charge is 2.18. The highest BCUT2D eigenvalue weighted by Crippen LogP contribution is 2.32. The van der Waals surface area contributed by atoms with Gasteiger partial charge in [-0.2, -0.15) is 4.99 Å². The molecule has 0 aliphatic rings. The number of aryl methyl sites for hydroxylation is 1. The number of carbonyl (C=O) groups is 1. The zero-order valence-electron chi connectivity index (χ0n) is 14.4. The van der Waals surface area contributed by atoms with Crippen molar-refractivity contribution < 1.29 is 14.7 Å². The van der Waals surface area contributed by atoms with Gasteiger partial charge in [0, 0.05) is 48.5 Å². The van der Waals surface area contributed by atoms with Crippen LogP contribution in [0.15, 0.2) is 47.8 Å². The third-order valence-corrected chi connectivity index (χ3v) is 4.53. The van der Waals surface area contributed by atoms with E-state index in [9.17, 15) is 14.7 Å². The molecule has 8 nitrogen and oxygen atoms in total. The molecule has 0 fully saturated rings. The molecular weight excluding hydrogens is 346 g/mol. The number of benzene rings is 1. The van der Waals surface area contributed by atoms with Crippen molar-refractivity contribution in [2.45, 2.75) is 12.5 Å². The van der Waals surface area contributed by atoms with E-state index in [-0.39, 0.29) is 6.42 Å². The van der Waals surface area contributed by atoms with Gasteiger partial charge in [-0.15, -0.1) is 0 Å². The fourth-order valence-electron chi connectivity index (χ4n) is 3.25. The summed E-state index contributed by atoms with van der Waals surface area (Å²) in [6, 6.07) is 6.48. The van der Waals surface area contributed by atoms with Gasteiger partial charge in [-0.05, 0) is 23.8 Å². The minimum atomic E-state index is -1.15. The van der Waals surface area contributed by atoms with Crippen molar-refractivity contribution in [3.05, 3.63) is 48.4 Å². The molecule has 8 heteroatoms. The van der Waals surface area contributed by atoms with Crippen LogP contribution in [0.2, 0.25) is 0 Å². The summed E-state index contributed by atoms with van der Waals surface area (Å²) in [6.07, 6.45) is 6.72. The second-order valence-corrected chi connectivity index (χ2v) is 6.26. The van der Waals surface area contributed by atoms with E-state index >= 15 is 0 Å². The molecule has 0 saturated heterocycles. The van der Waals surface area contributed by atoms with Crippen molar-refractivity contribution in [3.8, 4) is 11.3 Å². The largest absolute Gasteiger partial charge is 0.480 e. The van der Waals surface area contributed by atoms with Crippen LogP contribution in [0.4, 0.5) is 0 Å². The molecule has 0 saturated carbocycles. The van der Waals surface area contributed by atoms with Crippen LogP contribution in [0.5, 0.6) is 0 Å². The highest BCUT2D eigenvalue weighted by atomic mass is 16.4. The summed E-state index contributed by atoms with van der Waals surface area (Å²) in [7, 11) is 1.95. The minimum absolute atomic E-state index is 0.116. The Morgan fingerprint density at radius 3 is 2.89 bits per heavy atom. The molecular formula is C19H15N5O3. The Kier molecular flexibility index (Phi) is 4.02. The molecule has 0 amide bonds. The summed E-state index contributed by atoms with van der Waals surface area (Å²) < 4.78 is 2.00. The predicted octanol–water partition coefficient (Wildman–Crippen LogP) is 2.45. The van der Waals surface area contributed by atoms with Gasteiger partial charge < -0.3 is 14.7 Å². The lowest BCUT2D eigenvalue weighted by Crippen LogP contribution is -2.20. The first kappa shape index (κ1) is 16.7. The van der Waals surface area contributed by atoms with Crippen LogP contribution in [-0.4, -0.2) is 42.7 Å². The van der Waals surface area contributed by atoms with Crippen LogP contribution in [0.1, 0.15) is 5.56 Å². The summed E-state index contributed by atoms with van der Waals surface area (Å²) in [6.45, 7) is 0. The fourth-order valence-corrected chi connectivity index (χ4v) is 3.25. The first-order valence-corrected chi connectivity index (χ1v) is 8.24. The average Bonchev–Trinajstić information content (AvgIpc) is 3.22. The molecule has 0 radical (unpaired) electrons. The van der Waals surface area contributed by atoms with Gasteiger partial charge in [0.15, 0.2) is 11.7 Å². The van der Waals surface area contributed by atoms with Crippen molar-refractivity contribution in [3.63, 3.8) is 0 Å². The van der Waals surface area contributed by atoms with Gasteiger partial charge >= 0.3 is 5.97 Å². The molecule has 134 valence electrons. The molecule has 4 rings (SSSR count). The lowest BCUT2D eigenvalue weighted by atomic mass is 10.0. The third-order valence-electron chi connectivity index (χ3n) is 4.53. The number of aromatic amines is 1. The van der Waals surface area contributed by atoms with E-state index in [0.717, 1.165) is 33.2 Å². The number of carbonyl (C=O) groups excluding carboxylic acids is 1. The van der Waals surface area contributed by atoms with Gasteiger partial charge in [0.25, 0.3) is 0 Å². The lowest BCUT2D eigenvalue weighted by molar-refractivity contribution is -0.138. The van der Waals surface area contributed by atoms with Crippen LogP contribution in [-0.2, 0) is 23.1 Å². The SMILES string of the molecule is Cn1cc(-c2cc3nccnc3[nH]2)c2cc(CC(N=C=O)C(=O)O)ccc21. The number of carboxylic acids is 1. The normalized spacial score (nSPS) is 12.2. The zero-order valence-corrected chi connectivity index (χ0v) is 14.4. The Morgan fingerprint density at radius 2 is 2.15 bits per heavy atom. The lowest BCUT2D eigenvalue weighted by Gasteiger charge is -2.07. The molecule has 1 unspecified atom stereocenters. The van der Waals surface area contributed by atoms with Crippen molar-refractivity contribution in [2.24, 2.45) is 12.0 Å². The van der Waals surface area contributed by atoms with Crippen molar-refractivity contribution >= 4 is 34.1 Å². The van der Waals surface area contributed by atoms with Gasteiger partial charge in [0.2, 0.25) is 6.08 Å². The number of aromatic nitrogens is 4. The minimum Gasteiger partial charge on any atom is -0.480 e. The van der Waals surface area contributed by atoms with Gasteiger partial charge in [-0.3, -0.25) is 4.98 Å². The first-order chi connectivity index (χ1) is 13.1. The number of aliphatic imine (C=N–C) groups is 1. The monoisotopic (exact) mass is 361 g/mol. The van der Waals surface area contributed by atoms with E-state index in [0.29, 0.717) is 5.65 Å². The van der Waals surface area contributed by atoms with E-state index in [4.69, 9.17) is 0 Å². The van der Waals surface area contributed by atoms with Crippen molar-refractivity contribution in [1.29, 1.82) is 0 Å². The molecule has 3 aromatic heterocycles. The maximum Gasteiger partial charge on any atom is 0.329 e. The molecule has 0 aliphatic heterocycles. The number of carboxylic acid groups (broad SMARTS) is 1. The Balaban J connectivity index is 1.82. The molecule has 1 aromatic carbocycles. The average molecular weight is 361 g/mol. The molecule has 3 heterocycles. The van der Waals surface area contributed by atoms with Crippen molar-refractivity contribution in [1.82, 2.24) is 19.5 Å². The Hall–Kier alpha value is -3.77. The molecule has 27 heavy (non-hydrogen) atoms. The number of isocyanates is 1. The number of nitrogens with one attached hydrogen (secondary N) is 1. The standard InChI is InChI=1S/C19H15N5O3/c1-24-9-13(14-8-15-18(23-14)21-5-4-20-15)12-6-11(2-3-17(12)24)7-16(19(26)27)22-10-25/h2-6,8-9,16H,7H2,1H3,(H,21,23)(H,26,27). The zero-order chi connectivity index (χ0) is 19.0. The Labute approximate surface area is 153 Å². The molecule has 0 aliphatic carbocycles. The van der Waals surface area contributed by atoms with Crippen LogP contribution in [0, 0.1) is 0 Å². The molecule has 2 N–H and O–H groups in total. The number of fused-ring (bicyclic) bond motifs is 2. The number of aliphatic carboxylic acids is 1. The number of nitrogens with zero attached hydrogens (tertiary/aromatic N) is 4. The second kappa shape index (κ2) is 6.51. The number of hydrogen-bond donors (Lipinski definition) is 2. The van der Waals surface area contributed by atoms with Crippen molar-refractivity contribution in [2.75, 3.05) is 0 Å². The van der Waals surface area contributed by atoms with E-state index in [1.165, 1.54) is 6.08 Å². The summed E-state index contributed by atoms with van der Waals surface area (Å²) in [5.41, 5.74) is 5.08. The number of hydrogen-bond acceptors (Lipinski definition) is 5. The van der Waals surface area contributed by atoms with Crippen LogP contribution in [0.3, 0.4) is 0 Å². The van der Waals surface area contributed by atoms with E-state index in [2.05, 4.69) is 19.9 Å². The Morgan fingerprint density at radius 1 is 1.33 bits per heavy atom. The summed E-state index contributed by atoms with van der Waals surface area (Å²) >= 11 is 0. The fraction of sp³-hybridized carbons (Fsp3) is 0.158. The maximum absolute atomic E-state index is 11.3.